The smallest absolute Gasteiger partial charge is 0.00720 e. The Labute approximate surface area is 121 Å². The Morgan fingerprint density at radius 1 is 1.06 bits per heavy atom. The first-order chi connectivity index (χ1) is 7.36. The molecule has 1 rings (SSSR count). The fourth-order valence-electron chi connectivity index (χ4n) is 1.41. The highest BCUT2D eigenvalue weighted by Crippen LogP contribution is 2.21. The summed E-state index contributed by atoms with van der Waals surface area (Å²) in [5, 5.41) is 0. The van der Waals surface area contributed by atoms with Gasteiger partial charge in [0.25, 0.3) is 0 Å². The van der Waals surface area contributed by atoms with E-state index in [9.17, 15) is 0 Å². The lowest BCUT2D eigenvalue weighted by molar-refractivity contribution is 0.533. The highest BCUT2D eigenvalue weighted by Gasteiger charge is 2.06. The summed E-state index contributed by atoms with van der Waals surface area (Å²) in [6.45, 7) is 1.53. The molecular formula is C12H22Cl2N2S. The van der Waals surface area contributed by atoms with Gasteiger partial charge in [0.1, 0.15) is 0 Å². The second-order valence-electron chi connectivity index (χ2n) is 3.66. The van der Waals surface area contributed by atoms with Gasteiger partial charge < -0.3 is 11.5 Å². The molecule has 0 aromatic heterocycles. The lowest BCUT2D eigenvalue weighted by atomic mass is 10.1. The molecule has 1 atom stereocenters. The van der Waals surface area contributed by atoms with Gasteiger partial charge in [-0.3, -0.25) is 0 Å². The third-order valence-electron chi connectivity index (χ3n) is 2.38. The third kappa shape index (κ3) is 8.75. The van der Waals surface area contributed by atoms with Crippen LogP contribution in [-0.2, 0) is 0 Å². The van der Waals surface area contributed by atoms with Gasteiger partial charge in [0.15, 0.2) is 0 Å². The Balaban J connectivity index is 0. The van der Waals surface area contributed by atoms with Crippen molar-refractivity contribution in [2.75, 3.05) is 18.8 Å². The number of hydrogen-bond acceptors (Lipinski definition) is 3. The van der Waals surface area contributed by atoms with Crippen molar-refractivity contribution in [1.29, 1.82) is 0 Å². The lowest BCUT2D eigenvalue weighted by Crippen LogP contribution is -2.18. The SMILES string of the molecule is Cl.Cl.NCCCC(CN)CSc1ccccc1. The minimum absolute atomic E-state index is 0. The van der Waals surface area contributed by atoms with Crippen molar-refractivity contribution >= 4 is 36.6 Å². The van der Waals surface area contributed by atoms with E-state index in [2.05, 4.69) is 24.3 Å². The van der Waals surface area contributed by atoms with Crippen molar-refractivity contribution in [3.8, 4) is 0 Å². The van der Waals surface area contributed by atoms with Gasteiger partial charge in [-0.1, -0.05) is 18.2 Å². The average molecular weight is 297 g/mol. The minimum Gasteiger partial charge on any atom is -0.330 e. The van der Waals surface area contributed by atoms with Crippen LogP contribution in [0.3, 0.4) is 0 Å². The zero-order valence-electron chi connectivity index (χ0n) is 9.88. The van der Waals surface area contributed by atoms with Crippen LogP contribution in [0.15, 0.2) is 35.2 Å². The molecule has 0 saturated heterocycles. The predicted molar refractivity (Wildman–Crippen MR) is 82.5 cm³/mol. The summed E-state index contributed by atoms with van der Waals surface area (Å²) >= 11 is 1.88. The Hall–Kier alpha value is 0.0700. The molecule has 5 heteroatoms. The molecule has 2 nitrogen and oxygen atoms in total. The molecule has 0 spiro atoms. The summed E-state index contributed by atoms with van der Waals surface area (Å²) < 4.78 is 0. The molecule has 0 radical (unpaired) electrons. The average Bonchev–Trinajstić information content (AvgIpc) is 2.31. The van der Waals surface area contributed by atoms with Crippen LogP contribution in [-0.4, -0.2) is 18.8 Å². The number of hydrogen-bond donors (Lipinski definition) is 2. The van der Waals surface area contributed by atoms with Crippen LogP contribution in [0, 0.1) is 5.92 Å². The molecule has 1 unspecified atom stereocenters. The van der Waals surface area contributed by atoms with E-state index in [0.29, 0.717) is 5.92 Å². The van der Waals surface area contributed by atoms with Crippen LogP contribution in [0.5, 0.6) is 0 Å². The molecule has 0 aliphatic carbocycles. The Morgan fingerprint density at radius 2 is 1.71 bits per heavy atom. The highest BCUT2D eigenvalue weighted by molar-refractivity contribution is 7.99. The first-order valence-electron chi connectivity index (χ1n) is 5.44. The second kappa shape index (κ2) is 12.5. The number of rotatable bonds is 7. The van der Waals surface area contributed by atoms with E-state index in [1.807, 2.05) is 17.8 Å². The molecule has 1 aromatic carbocycles. The van der Waals surface area contributed by atoms with Crippen molar-refractivity contribution in [2.45, 2.75) is 17.7 Å². The van der Waals surface area contributed by atoms with E-state index in [-0.39, 0.29) is 24.8 Å². The molecule has 17 heavy (non-hydrogen) atoms. The summed E-state index contributed by atoms with van der Waals surface area (Å²) in [7, 11) is 0. The van der Waals surface area contributed by atoms with E-state index in [4.69, 9.17) is 11.5 Å². The normalized spacial score (nSPS) is 11.2. The maximum atomic E-state index is 5.72. The molecule has 0 fully saturated rings. The number of benzene rings is 1. The van der Waals surface area contributed by atoms with E-state index >= 15 is 0 Å². The fourth-order valence-corrected chi connectivity index (χ4v) is 2.49. The number of thioether (sulfide) groups is 1. The summed E-state index contributed by atoms with van der Waals surface area (Å²) in [5.74, 6) is 1.69. The Morgan fingerprint density at radius 3 is 2.24 bits per heavy atom. The van der Waals surface area contributed by atoms with Gasteiger partial charge in [-0.25, -0.2) is 0 Å². The summed E-state index contributed by atoms with van der Waals surface area (Å²) in [6.07, 6.45) is 2.23. The molecule has 4 N–H and O–H groups in total. The summed E-state index contributed by atoms with van der Waals surface area (Å²) in [5.41, 5.74) is 11.2. The molecule has 100 valence electrons. The van der Waals surface area contributed by atoms with Crippen molar-refractivity contribution in [3.05, 3.63) is 30.3 Å². The first kappa shape index (κ1) is 19.4. The summed E-state index contributed by atoms with van der Waals surface area (Å²) in [4.78, 5) is 1.32. The number of nitrogens with two attached hydrogens (primary N) is 2. The van der Waals surface area contributed by atoms with Crippen molar-refractivity contribution < 1.29 is 0 Å². The molecule has 0 heterocycles. The van der Waals surface area contributed by atoms with Gasteiger partial charge in [-0.05, 0) is 44.0 Å². The van der Waals surface area contributed by atoms with Gasteiger partial charge >= 0.3 is 0 Å². The monoisotopic (exact) mass is 296 g/mol. The molecule has 0 bridgehead atoms. The lowest BCUT2D eigenvalue weighted by Gasteiger charge is -2.13. The van der Waals surface area contributed by atoms with Crippen molar-refractivity contribution in [1.82, 2.24) is 0 Å². The zero-order chi connectivity index (χ0) is 10.9. The maximum absolute atomic E-state index is 5.72. The molecular weight excluding hydrogens is 275 g/mol. The molecule has 1 aromatic rings. The molecule has 0 aliphatic rings. The Bertz CT molecular complexity index is 260. The quantitative estimate of drug-likeness (QED) is 0.761. The molecule has 0 amide bonds. The van der Waals surface area contributed by atoms with Gasteiger partial charge in [0.05, 0.1) is 0 Å². The number of halogens is 2. The van der Waals surface area contributed by atoms with E-state index < -0.39 is 0 Å². The van der Waals surface area contributed by atoms with Gasteiger partial charge in [0, 0.05) is 10.6 Å². The van der Waals surface area contributed by atoms with Crippen molar-refractivity contribution in [2.24, 2.45) is 17.4 Å². The highest BCUT2D eigenvalue weighted by atomic mass is 35.5. The maximum Gasteiger partial charge on any atom is 0.00720 e. The van der Waals surface area contributed by atoms with Crippen LogP contribution in [0.4, 0.5) is 0 Å². The van der Waals surface area contributed by atoms with E-state index in [1.54, 1.807) is 0 Å². The third-order valence-corrected chi connectivity index (χ3v) is 3.62. The first-order valence-corrected chi connectivity index (χ1v) is 6.43. The van der Waals surface area contributed by atoms with Crippen LogP contribution in [0.1, 0.15) is 12.8 Å². The minimum atomic E-state index is 0. The fraction of sp³-hybridized carbons (Fsp3) is 0.500. The standard InChI is InChI=1S/C12H20N2S.2ClH/c13-8-4-5-11(9-14)10-15-12-6-2-1-3-7-12;;/h1-3,6-7,11H,4-5,8-10,13-14H2;2*1H. The predicted octanol–water partition coefficient (Wildman–Crippen LogP) is 2.94. The second-order valence-corrected chi connectivity index (χ2v) is 4.75. The van der Waals surface area contributed by atoms with Crippen LogP contribution in [0.2, 0.25) is 0 Å². The van der Waals surface area contributed by atoms with Crippen LogP contribution < -0.4 is 11.5 Å². The zero-order valence-corrected chi connectivity index (χ0v) is 12.3. The van der Waals surface area contributed by atoms with E-state index in [1.165, 1.54) is 4.90 Å². The van der Waals surface area contributed by atoms with Crippen molar-refractivity contribution in [3.63, 3.8) is 0 Å². The van der Waals surface area contributed by atoms with Crippen LogP contribution in [0.25, 0.3) is 0 Å². The Kier molecular flexibility index (Phi) is 14.3. The topological polar surface area (TPSA) is 52.0 Å². The van der Waals surface area contributed by atoms with Gasteiger partial charge in [-0.15, -0.1) is 36.6 Å². The molecule has 0 saturated carbocycles. The largest absolute Gasteiger partial charge is 0.330 e. The summed E-state index contributed by atoms with van der Waals surface area (Å²) in [6, 6.07) is 10.5. The van der Waals surface area contributed by atoms with E-state index in [0.717, 1.165) is 31.7 Å². The molecule has 0 aliphatic heterocycles. The van der Waals surface area contributed by atoms with Gasteiger partial charge in [0.2, 0.25) is 0 Å². The van der Waals surface area contributed by atoms with Crippen LogP contribution >= 0.6 is 36.6 Å². The van der Waals surface area contributed by atoms with Gasteiger partial charge in [-0.2, -0.15) is 0 Å².